The Bertz CT molecular complexity index is 1180. The number of nitrogens with one attached hydrogen (secondary N) is 2. The number of benzene rings is 2. The Morgan fingerprint density at radius 3 is 2.54 bits per heavy atom. The summed E-state index contributed by atoms with van der Waals surface area (Å²) in [4.78, 5) is 40.3. The molecule has 1 aliphatic heterocycles. The molecule has 0 saturated heterocycles. The lowest BCUT2D eigenvalue weighted by molar-refractivity contribution is -0.126. The van der Waals surface area contributed by atoms with Crippen LogP contribution in [0.15, 0.2) is 42.5 Å². The third-order valence-corrected chi connectivity index (χ3v) is 7.65. The Labute approximate surface area is 219 Å². The highest BCUT2D eigenvalue weighted by Gasteiger charge is 2.30. The van der Waals surface area contributed by atoms with Gasteiger partial charge >= 0.3 is 0 Å². The first-order chi connectivity index (χ1) is 17.8. The Morgan fingerprint density at radius 2 is 1.78 bits per heavy atom. The van der Waals surface area contributed by atoms with Crippen molar-refractivity contribution in [2.75, 3.05) is 28.5 Å². The molecule has 2 aliphatic rings. The van der Waals surface area contributed by atoms with Gasteiger partial charge in [-0.05, 0) is 56.5 Å². The predicted octanol–water partition coefficient (Wildman–Crippen LogP) is 3.28. The van der Waals surface area contributed by atoms with E-state index in [4.69, 9.17) is 9.47 Å². The van der Waals surface area contributed by atoms with Crippen LogP contribution in [0.4, 0.5) is 11.4 Å². The van der Waals surface area contributed by atoms with Crippen LogP contribution < -0.4 is 25.0 Å². The average molecular weight is 528 g/mol. The molecule has 4 rings (SSSR count). The molecule has 1 heterocycles. The molecule has 0 unspecified atom stereocenters. The van der Waals surface area contributed by atoms with Crippen molar-refractivity contribution in [1.82, 2.24) is 5.32 Å². The average Bonchev–Trinajstić information content (AvgIpc) is 3.32. The summed E-state index contributed by atoms with van der Waals surface area (Å²) in [7, 11) is -1.78. The van der Waals surface area contributed by atoms with Crippen molar-refractivity contribution in [3.8, 4) is 11.5 Å². The van der Waals surface area contributed by atoms with Crippen LogP contribution in [-0.4, -0.2) is 52.3 Å². The Balaban J connectivity index is 1.40. The van der Waals surface area contributed by atoms with E-state index in [0.29, 0.717) is 22.9 Å². The summed E-state index contributed by atoms with van der Waals surface area (Å²) >= 11 is 0. The van der Waals surface area contributed by atoms with Gasteiger partial charge in [-0.2, -0.15) is 0 Å². The second-order valence-electron chi connectivity index (χ2n) is 9.47. The van der Waals surface area contributed by atoms with Crippen molar-refractivity contribution >= 4 is 39.9 Å². The third-order valence-electron chi connectivity index (χ3n) is 6.50. The van der Waals surface area contributed by atoms with Crippen LogP contribution in [0.25, 0.3) is 0 Å². The van der Waals surface area contributed by atoms with Gasteiger partial charge in [-0.15, -0.1) is 0 Å². The lowest BCUT2D eigenvalue weighted by atomic mass is 9.95. The number of amides is 3. The van der Waals surface area contributed by atoms with Gasteiger partial charge in [-0.1, -0.05) is 31.4 Å². The molecule has 1 aliphatic carbocycles. The zero-order chi connectivity index (χ0) is 26.4. The third kappa shape index (κ3) is 7.09. The topological polar surface area (TPSA) is 114 Å². The van der Waals surface area contributed by atoms with Gasteiger partial charge in [0.15, 0.2) is 11.5 Å². The van der Waals surface area contributed by atoms with E-state index in [-0.39, 0.29) is 30.2 Å². The van der Waals surface area contributed by atoms with Crippen LogP contribution in [-0.2, 0) is 25.2 Å². The van der Waals surface area contributed by atoms with Gasteiger partial charge in [0.05, 0.1) is 0 Å². The molecule has 2 N–H and O–H groups in total. The number of nitrogens with zero attached hydrogens (tertiary/aromatic N) is 1. The van der Waals surface area contributed by atoms with Gasteiger partial charge in [0.1, 0.15) is 17.5 Å². The molecule has 0 aromatic heterocycles. The van der Waals surface area contributed by atoms with E-state index in [1.54, 1.807) is 31.2 Å². The molecular formula is C27H33N3O6S. The van der Waals surface area contributed by atoms with Gasteiger partial charge in [-0.25, -0.2) is 0 Å². The van der Waals surface area contributed by atoms with Crippen LogP contribution >= 0.6 is 0 Å². The number of hydrogen-bond acceptors (Lipinski definition) is 6. The molecule has 10 heteroatoms. The summed E-state index contributed by atoms with van der Waals surface area (Å²) in [5.74, 6) is -0.851. The first-order valence-electron chi connectivity index (χ1n) is 12.5. The molecule has 0 spiro atoms. The van der Waals surface area contributed by atoms with Crippen LogP contribution in [0.3, 0.4) is 0 Å². The maximum atomic E-state index is 13.4. The minimum Gasteiger partial charge on any atom is -0.454 e. The second kappa shape index (κ2) is 12.2. The van der Waals surface area contributed by atoms with E-state index in [2.05, 4.69) is 10.6 Å². The largest absolute Gasteiger partial charge is 0.454 e. The molecule has 37 heavy (non-hydrogen) atoms. The van der Waals surface area contributed by atoms with Gasteiger partial charge in [0, 0.05) is 34.3 Å². The zero-order valence-electron chi connectivity index (χ0n) is 21.2. The fourth-order valence-corrected chi connectivity index (χ4v) is 5.50. The molecule has 9 nitrogen and oxygen atoms in total. The highest BCUT2D eigenvalue weighted by molar-refractivity contribution is 7.86. The number of fused-ring (bicyclic) bond motifs is 1. The van der Waals surface area contributed by atoms with Crippen LogP contribution in [0.1, 0.15) is 44.6 Å². The lowest BCUT2D eigenvalue weighted by Crippen LogP contribution is -2.52. The van der Waals surface area contributed by atoms with E-state index in [1.807, 2.05) is 25.1 Å². The normalized spacial score (nSPS) is 16.5. The zero-order valence-corrected chi connectivity index (χ0v) is 22.0. The summed E-state index contributed by atoms with van der Waals surface area (Å²) in [6.45, 7) is 3.69. The van der Waals surface area contributed by atoms with E-state index in [9.17, 15) is 18.6 Å². The molecule has 0 bridgehead atoms. The molecular weight excluding hydrogens is 494 g/mol. The lowest BCUT2D eigenvalue weighted by Gasteiger charge is -2.31. The standard InChI is InChI=1S/C27H33N3O6S/c1-18-7-6-10-22(13-18)30(19(2)27(33)29-20-8-4-3-5-9-20)26(32)16-37(34)15-25(31)28-21-11-12-23-24(14-21)36-17-35-23/h6-7,10-14,19-20H,3-5,8-9,15-17H2,1-2H3,(H,28,31)(H,29,33)/t19-,37+/m0/s1. The number of carbonyl (C=O) groups excluding carboxylic acids is 3. The molecule has 0 radical (unpaired) electrons. The minimum absolute atomic E-state index is 0.104. The van der Waals surface area contributed by atoms with Gasteiger partial charge in [-0.3, -0.25) is 23.5 Å². The predicted molar refractivity (Wildman–Crippen MR) is 142 cm³/mol. The minimum atomic E-state index is -1.78. The number of rotatable bonds is 9. The Kier molecular flexibility index (Phi) is 8.81. The number of anilines is 2. The number of aryl methyl sites for hydroxylation is 1. The molecule has 198 valence electrons. The second-order valence-corrected chi connectivity index (χ2v) is 10.9. The highest BCUT2D eigenvalue weighted by atomic mass is 32.2. The van der Waals surface area contributed by atoms with E-state index >= 15 is 0 Å². The van der Waals surface area contributed by atoms with Crippen molar-refractivity contribution < 1.29 is 28.1 Å². The fraction of sp³-hybridized carbons (Fsp3) is 0.444. The molecule has 3 amide bonds. The molecule has 1 fully saturated rings. The number of carbonyl (C=O) groups is 3. The van der Waals surface area contributed by atoms with Crippen molar-refractivity contribution in [3.63, 3.8) is 0 Å². The maximum absolute atomic E-state index is 13.4. The highest BCUT2D eigenvalue weighted by Crippen LogP contribution is 2.34. The van der Waals surface area contributed by atoms with Gasteiger partial charge < -0.3 is 20.1 Å². The maximum Gasteiger partial charge on any atom is 0.243 e. The smallest absolute Gasteiger partial charge is 0.243 e. The van der Waals surface area contributed by atoms with Gasteiger partial charge in [0.2, 0.25) is 24.5 Å². The summed E-state index contributed by atoms with van der Waals surface area (Å²) in [5.41, 5.74) is 1.96. The van der Waals surface area contributed by atoms with Crippen LogP contribution in [0.5, 0.6) is 11.5 Å². The van der Waals surface area contributed by atoms with Crippen molar-refractivity contribution in [1.29, 1.82) is 0 Å². The van der Waals surface area contributed by atoms with Crippen molar-refractivity contribution in [2.24, 2.45) is 0 Å². The molecule has 1 saturated carbocycles. The quantitative estimate of drug-likeness (QED) is 0.517. The Hall–Kier alpha value is -3.40. The SMILES string of the molecule is Cc1cccc(N(C(=O)C[S@](=O)CC(=O)Nc2ccc3c(c2)OCO3)[C@@H](C)C(=O)NC2CCCCC2)c1. The molecule has 2 aromatic rings. The van der Waals surface area contributed by atoms with Crippen LogP contribution in [0, 0.1) is 6.92 Å². The van der Waals surface area contributed by atoms with E-state index in [0.717, 1.165) is 31.2 Å². The summed E-state index contributed by atoms with van der Waals surface area (Å²) < 4.78 is 23.4. The summed E-state index contributed by atoms with van der Waals surface area (Å²) in [6.07, 6.45) is 5.18. The molecule has 2 aromatic carbocycles. The summed E-state index contributed by atoms with van der Waals surface area (Å²) in [6, 6.07) is 11.6. The monoisotopic (exact) mass is 527 g/mol. The molecule has 2 atom stereocenters. The number of ether oxygens (including phenoxy) is 2. The Morgan fingerprint density at radius 1 is 1.03 bits per heavy atom. The van der Waals surface area contributed by atoms with E-state index in [1.165, 1.54) is 11.3 Å². The summed E-state index contributed by atoms with van der Waals surface area (Å²) in [5, 5.41) is 5.75. The van der Waals surface area contributed by atoms with E-state index < -0.39 is 28.7 Å². The van der Waals surface area contributed by atoms with Crippen molar-refractivity contribution in [2.45, 2.75) is 58.0 Å². The fourth-order valence-electron chi connectivity index (χ4n) is 4.62. The van der Waals surface area contributed by atoms with Gasteiger partial charge in [0.25, 0.3) is 0 Å². The number of hydrogen-bond donors (Lipinski definition) is 2. The van der Waals surface area contributed by atoms with Crippen LogP contribution in [0.2, 0.25) is 0 Å². The first-order valence-corrected chi connectivity index (χ1v) is 14.0. The van der Waals surface area contributed by atoms with Crippen molar-refractivity contribution in [3.05, 3.63) is 48.0 Å². The first kappa shape index (κ1) is 26.7.